The highest BCUT2D eigenvalue weighted by atomic mass is 35.5. The summed E-state index contributed by atoms with van der Waals surface area (Å²) in [7, 11) is 0. The van der Waals surface area contributed by atoms with Crippen LogP contribution in [0, 0.1) is 0 Å². The fraction of sp³-hybridized carbons (Fsp3) is 0.529. The summed E-state index contributed by atoms with van der Waals surface area (Å²) in [6, 6.07) is 5.02. The number of ether oxygens (including phenoxy) is 1. The number of amides is 2. The zero-order valence-electron chi connectivity index (χ0n) is 14.4. The van der Waals surface area contributed by atoms with E-state index < -0.39 is 0 Å². The van der Waals surface area contributed by atoms with Gasteiger partial charge in [-0.05, 0) is 31.5 Å². The van der Waals surface area contributed by atoms with Gasteiger partial charge in [0.15, 0.2) is 0 Å². The van der Waals surface area contributed by atoms with Gasteiger partial charge in [-0.3, -0.25) is 9.69 Å². The van der Waals surface area contributed by atoms with E-state index in [0.717, 1.165) is 5.56 Å². The molecule has 6 nitrogen and oxygen atoms in total. The number of nitrogens with one attached hydrogen (secondary N) is 1. The van der Waals surface area contributed by atoms with Crippen molar-refractivity contribution in [2.75, 3.05) is 39.3 Å². The van der Waals surface area contributed by atoms with E-state index in [1.807, 2.05) is 17.9 Å². The second kappa shape index (κ2) is 9.27. The van der Waals surface area contributed by atoms with Gasteiger partial charge in [-0.15, -0.1) is 0 Å². The topological polar surface area (TPSA) is 61.9 Å². The maximum Gasteiger partial charge on any atom is 0.409 e. The molecule has 1 fully saturated rings. The van der Waals surface area contributed by atoms with Gasteiger partial charge in [-0.25, -0.2) is 4.79 Å². The number of piperazine rings is 1. The molecule has 8 heteroatoms. The van der Waals surface area contributed by atoms with Crippen molar-refractivity contribution in [1.29, 1.82) is 0 Å². The van der Waals surface area contributed by atoms with Crippen LogP contribution in [0.15, 0.2) is 18.2 Å². The van der Waals surface area contributed by atoms with E-state index in [0.29, 0.717) is 42.8 Å². The second-order valence-electron chi connectivity index (χ2n) is 5.92. The summed E-state index contributed by atoms with van der Waals surface area (Å²) in [6.07, 6.45) is -0.294. The molecular formula is C17H23Cl2N3O3. The molecule has 0 unspecified atom stereocenters. The highest BCUT2D eigenvalue weighted by Crippen LogP contribution is 2.26. The van der Waals surface area contributed by atoms with Gasteiger partial charge in [0.2, 0.25) is 5.91 Å². The second-order valence-corrected chi connectivity index (χ2v) is 6.76. The molecule has 1 atom stereocenters. The molecule has 0 saturated carbocycles. The van der Waals surface area contributed by atoms with Crippen molar-refractivity contribution < 1.29 is 14.3 Å². The molecule has 2 rings (SSSR count). The average Bonchev–Trinajstić information content (AvgIpc) is 2.55. The van der Waals surface area contributed by atoms with Gasteiger partial charge in [-0.2, -0.15) is 0 Å². The van der Waals surface area contributed by atoms with Crippen LogP contribution < -0.4 is 5.32 Å². The summed E-state index contributed by atoms with van der Waals surface area (Å²) in [5.41, 5.74) is 0.826. The SMILES string of the molecule is CCOC(=O)N1CCN(CC(=O)N[C@@H](C)c2ccc(Cl)cc2Cl)CC1. The molecule has 25 heavy (non-hydrogen) atoms. The molecule has 0 bridgehead atoms. The van der Waals surface area contributed by atoms with Gasteiger partial charge in [0.1, 0.15) is 0 Å². The monoisotopic (exact) mass is 387 g/mol. The third-order valence-corrected chi connectivity index (χ3v) is 4.63. The molecule has 138 valence electrons. The summed E-state index contributed by atoms with van der Waals surface area (Å²) >= 11 is 12.1. The number of carbonyl (C=O) groups excluding carboxylic acids is 2. The van der Waals surface area contributed by atoms with Crippen molar-refractivity contribution in [1.82, 2.24) is 15.1 Å². The van der Waals surface area contributed by atoms with Crippen molar-refractivity contribution >= 4 is 35.2 Å². The fourth-order valence-corrected chi connectivity index (χ4v) is 3.30. The van der Waals surface area contributed by atoms with E-state index in [1.165, 1.54) is 0 Å². The van der Waals surface area contributed by atoms with Crippen LogP contribution in [0.2, 0.25) is 10.0 Å². The lowest BCUT2D eigenvalue weighted by Crippen LogP contribution is -2.51. The molecule has 1 aromatic rings. The first-order valence-electron chi connectivity index (χ1n) is 8.29. The normalized spacial score (nSPS) is 16.4. The number of hydrogen-bond donors (Lipinski definition) is 1. The average molecular weight is 388 g/mol. The largest absolute Gasteiger partial charge is 0.450 e. The Hall–Kier alpha value is -1.50. The molecule has 1 aliphatic rings. The smallest absolute Gasteiger partial charge is 0.409 e. The Morgan fingerprint density at radius 3 is 2.52 bits per heavy atom. The standard InChI is InChI=1S/C17H23Cl2N3O3/c1-3-25-17(24)22-8-6-21(7-9-22)11-16(23)20-12(2)14-5-4-13(18)10-15(14)19/h4-5,10,12H,3,6-9,11H2,1-2H3,(H,20,23)/t12-/m0/s1. The molecule has 0 spiro atoms. The van der Waals surface area contributed by atoms with E-state index in [-0.39, 0.29) is 24.6 Å². The highest BCUT2D eigenvalue weighted by molar-refractivity contribution is 6.35. The predicted molar refractivity (Wildman–Crippen MR) is 98.1 cm³/mol. The van der Waals surface area contributed by atoms with E-state index in [2.05, 4.69) is 5.32 Å². The minimum Gasteiger partial charge on any atom is -0.450 e. The molecule has 0 aliphatic carbocycles. The van der Waals surface area contributed by atoms with Gasteiger partial charge in [0.05, 0.1) is 19.2 Å². The lowest BCUT2D eigenvalue weighted by molar-refractivity contribution is -0.123. The van der Waals surface area contributed by atoms with Crippen LogP contribution in [-0.4, -0.2) is 61.1 Å². The van der Waals surface area contributed by atoms with Crippen molar-refractivity contribution in [2.45, 2.75) is 19.9 Å². The third-order valence-electron chi connectivity index (χ3n) is 4.07. The summed E-state index contributed by atoms with van der Waals surface area (Å²) in [6.45, 7) is 6.72. The lowest BCUT2D eigenvalue weighted by atomic mass is 10.1. The van der Waals surface area contributed by atoms with Gasteiger partial charge in [0, 0.05) is 36.2 Å². The Morgan fingerprint density at radius 1 is 1.24 bits per heavy atom. The van der Waals surface area contributed by atoms with E-state index in [1.54, 1.807) is 24.0 Å². The van der Waals surface area contributed by atoms with E-state index in [4.69, 9.17) is 27.9 Å². The number of rotatable bonds is 5. The zero-order valence-corrected chi connectivity index (χ0v) is 15.9. The van der Waals surface area contributed by atoms with Crippen LogP contribution in [0.4, 0.5) is 4.79 Å². The summed E-state index contributed by atoms with van der Waals surface area (Å²) in [5, 5.41) is 4.04. The molecule has 1 heterocycles. The molecule has 2 amide bonds. The van der Waals surface area contributed by atoms with Crippen LogP contribution in [0.5, 0.6) is 0 Å². The number of halogens is 2. The van der Waals surface area contributed by atoms with Crippen molar-refractivity contribution in [3.8, 4) is 0 Å². The van der Waals surface area contributed by atoms with E-state index >= 15 is 0 Å². The minimum atomic E-state index is -0.294. The van der Waals surface area contributed by atoms with Crippen molar-refractivity contribution in [3.63, 3.8) is 0 Å². The molecule has 0 aromatic heterocycles. The first kappa shape index (κ1) is 19.8. The Morgan fingerprint density at radius 2 is 1.92 bits per heavy atom. The van der Waals surface area contributed by atoms with Gasteiger partial charge < -0.3 is 15.0 Å². The summed E-state index contributed by atoms with van der Waals surface area (Å²) in [5.74, 6) is -0.0805. The highest BCUT2D eigenvalue weighted by Gasteiger charge is 2.23. The molecule has 1 aliphatic heterocycles. The minimum absolute atomic E-state index is 0.0805. The van der Waals surface area contributed by atoms with Crippen molar-refractivity contribution in [2.24, 2.45) is 0 Å². The van der Waals surface area contributed by atoms with Crippen LogP contribution in [-0.2, 0) is 9.53 Å². The number of carbonyl (C=O) groups is 2. The quantitative estimate of drug-likeness (QED) is 0.843. The van der Waals surface area contributed by atoms with Crippen LogP contribution >= 0.6 is 23.2 Å². The summed E-state index contributed by atoms with van der Waals surface area (Å²) < 4.78 is 4.99. The Kier molecular flexibility index (Phi) is 7.35. The molecule has 0 radical (unpaired) electrons. The van der Waals surface area contributed by atoms with Gasteiger partial charge >= 0.3 is 6.09 Å². The zero-order chi connectivity index (χ0) is 18.4. The Labute approximate surface area is 158 Å². The first-order chi connectivity index (χ1) is 11.9. The molecule has 1 N–H and O–H groups in total. The molecular weight excluding hydrogens is 365 g/mol. The fourth-order valence-electron chi connectivity index (χ4n) is 2.72. The number of nitrogens with zero attached hydrogens (tertiary/aromatic N) is 2. The molecule has 1 aromatic carbocycles. The van der Waals surface area contributed by atoms with Crippen LogP contribution in [0.25, 0.3) is 0 Å². The first-order valence-corrected chi connectivity index (χ1v) is 9.04. The van der Waals surface area contributed by atoms with E-state index in [9.17, 15) is 9.59 Å². The van der Waals surface area contributed by atoms with Gasteiger partial charge in [0.25, 0.3) is 0 Å². The van der Waals surface area contributed by atoms with Gasteiger partial charge in [-0.1, -0.05) is 29.3 Å². The van der Waals surface area contributed by atoms with Crippen molar-refractivity contribution in [3.05, 3.63) is 33.8 Å². The third kappa shape index (κ3) is 5.76. The number of hydrogen-bond acceptors (Lipinski definition) is 4. The number of benzene rings is 1. The van der Waals surface area contributed by atoms with Crippen LogP contribution in [0.1, 0.15) is 25.5 Å². The lowest BCUT2D eigenvalue weighted by Gasteiger charge is -2.33. The van der Waals surface area contributed by atoms with Crippen LogP contribution in [0.3, 0.4) is 0 Å². The summed E-state index contributed by atoms with van der Waals surface area (Å²) in [4.78, 5) is 27.6. The maximum atomic E-state index is 12.3. The predicted octanol–water partition coefficient (Wildman–Crippen LogP) is 2.94. The Balaban J connectivity index is 1.80. The molecule has 1 saturated heterocycles. The maximum absolute atomic E-state index is 12.3. The Bertz CT molecular complexity index is 619.